The molecule has 0 radical (unpaired) electrons. The van der Waals surface area contributed by atoms with Gasteiger partial charge in [0.2, 0.25) is 5.89 Å². The van der Waals surface area contributed by atoms with Gasteiger partial charge in [-0.2, -0.15) is 0 Å². The Labute approximate surface area is 58.4 Å². The summed E-state index contributed by atoms with van der Waals surface area (Å²) in [6, 6.07) is 0.177. The fourth-order valence-electron chi connectivity index (χ4n) is 0.918. The summed E-state index contributed by atoms with van der Waals surface area (Å²) in [6.07, 6.45) is 3.49. The van der Waals surface area contributed by atoms with Crippen molar-refractivity contribution in [3.8, 4) is 0 Å². The van der Waals surface area contributed by atoms with Crippen LogP contribution in [0.3, 0.4) is 0 Å². The molecule has 1 heterocycles. The van der Waals surface area contributed by atoms with Gasteiger partial charge < -0.3 is 10.2 Å². The van der Waals surface area contributed by atoms with E-state index in [-0.39, 0.29) is 6.01 Å². The van der Waals surface area contributed by atoms with Gasteiger partial charge in [-0.1, -0.05) is 5.10 Å². The largest absolute Gasteiger partial charge is 0.408 e. The van der Waals surface area contributed by atoms with Crippen LogP contribution in [-0.2, 0) is 6.42 Å². The number of hydrogen-bond donors (Lipinski definition) is 1. The predicted octanol–water partition coefficient (Wildman–Crippen LogP) is 0.604. The summed E-state index contributed by atoms with van der Waals surface area (Å²) in [7, 11) is 0. The molecule has 1 aromatic heterocycles. The van der Waals surface area contributed by atoms with Crippen molar-refractivity contribution in [2.45, 2.75) is 19.3 Å². The molecule has 1 saturated carbocycles. The minimum atomic E-state index is 0.177. The lowest BCUT2D eigenvalue weighted by molar-refractivity contribution is 0.496. The summed E-state index contributed by atoms with van der Waals surface area (Å²) in [5.74, 6) is 1.46. The third kappa shape index (κ3) is 1.10. The van der Waals surface area contributed by atoms with Gasteiger partial charge in [0.25, 0.3) is 0 Å². The van der Waals surface area contributed by atoms with Crippen LogP contribution in [0.1, 0.15) is 18.7 Å². The number of rotatable bonds is 2. The Bertz CT molecular complexity index is 229. The molecule has 1 aliphatic rings. The van der Waals surface area contributed by atoms with E-state index in [0.29, 0.717) is 5.89 Å². The van der Waals surface area contributed by atoms with Crippen molar-refractivity contribution in [2.75, 3.05) is 5.73 Å². The molecule has 2 rings (SSSR count). The molecule has 54 valence electrons. The highest BCUT2D eigenvalue weighted by Crippen LogP contribution is 2.32. The second-order valence-electron chi connectivity index (χ2n) is 2.68. The summed E-state index contributed by atoms with van der Waals surface area (Å²) in [5.41, 5.74) is 5.23. The normalized spacial score (nSPS) is 17.6. The van der Waals surface area contributed by atoms with Gasteiger partial charge in [0.05, 0.1) is 0 Å². The highest BCUT2D eigenvalue weighted by Gasteiger charge is 2.23. The van der Waals surface area contributed by atoms with E-state index in [2.05, 4.69) is 10.2 Å². The van der Waals surface area contributed by atoms with E-state index in [1.807, 2.05) is 0 Å². The SMILES string of the molecule is Nc1nnc(CC2CC2)o1. The van der Waals surface area contributed by atoms with E-state index < -0.39 is 0 Å². The second kappa shape index (κ2) is 1.97. The average molecular weight is 139 g/mol. The van der Waals surface area contributed by atoms with E-state index in [1.165, 1.54) is 12.8 Å². The van der Waals surface area contributed by atoms with E-state index in [0.717, 1.165) is 12.3 Å². The Hall–Kier alpha value is -1.06. The topological polar surface area (TPSA) is 64.9 Å². The minimum Gasteiger partial charge on any atom is -0.408 e. The third-order valence-corrected chi connectivity index (χ3v) is 1.64. The van der Waals surface area contributed by atoms with Gasteiger partial charge in [-0.3, -0.25) is 0 Å². The molecule has 1 aromatic rings. The Morgan fingerprint density at radius 3 is 2.80 bits per heavy atom. The van der Waals surface area contributed by atoms with Gasteiger partial charge in [-0.25, -0.2) is 0 Å². The van der Waals surface area contributed by atoms with Crippen molar-refractivity contribution >= 4 is 6.01 Å². The first kappa shape index (κ1) is 5.70. The Balaban J connectivity index is 2.03. The lowest BCUT2D eigenvalue weighted by Gasteiger charge is -1.85. The van der Waals surface area contributed by atoms with E-state index in [1.54, 1.807) is 0 Å². The number of aromatic nitrogens is 2. The van der Waals surface area contributed by atoms with Crippen LogP contribution in [0.15, 0.2) is 4.42 Å². The molecule has 0 saturated heterocycles. The zero-order valence-electron chi connectivity index (χ0n) is 5.58. The van der Waals surface area contributed by atoms with Gasteiger partial charge in [0.15, 0.2) is 0 Å². The molecule has 2 N–H and O–H groups in total. The summed E-state index contributed by atoms with van der Waals surface area (Å²) in [5, 5.41) is 7.31. The summed E-state index contributed by atoms with van der Waals surface area (Å²) >= 11 is 0. The molecule has 0 bridgehead atoms. The molecule has 0 amide bonds. The predicted molar refractivity (Wildman–Crippen MR) is 35.1 cm³/mol. The molecule has 0 aromatic carbocycles. The maximum atomic E-state index is 5.23. The summed E-state index contributed by atoms with van der Waals surface area (Å²) < 4.78 is 4.99. The van der Waals surface area contributed by atoms with Crippen molar-refractivity contribution in [3.05, 3.63) is 5.89 Å². The zero-order valence-corrected chi connectivity index (χ0v) is 5.58. The van der Waals surface area contributed by atoms with Gasteiger partial charge in [-0.15, -0.1) is 5.10 Å². The number of nitrogen functional groups attached to an aromatic ring is 1. The highest BCUT2D eigenvalue weighted by molar-refractivity contribution is 5.05. The third-order valence-electron chi connectivity index (χ3n) is 1.64. The van der Waals surface area contributed by atoms with Crippen LogP contribution in [0, 0.1) is 5.92 Å². The molecule has 10 heavy (non-hydrogen) atoms. The quantitative estimate of drug-likeness (QED) is 0.651. The van der Waals surface area contributed by atoms with E-state index in [9.17, 15) is 0 Å². The van der Waals surface area contributed by atoms with Crippen molar-refractivity contribution in [1.29, 1.82) is 0 Å². The fraction of sp³-hybridized carbons (Fsp3) is 0.667. The second-order valence-corrected chi connectivity index (χ2v) is 2.68. The maximum absolute atomic E-state index is 5.23. The molecule has 4 heteroatoms. The number of nitrogens with zero attached hydrogens (tertiary/aromatic N) is 2. The van der Waals surface area contributed by atoms with Gasteiger partial charge >= 0.3 is 6.01 Å². The first-order chi connectivity index (χ1) is 4.84. The van der Waals surface area contributed by atoms with Crippen molar-refractivity contribution in [1.82, 2.24) is 10.2 Å². The molecule has 0 spiro atoms. The van der Waals surface area contributed by atoms with Crippen molar-refractivity contribution in [2.24, 2.45) is 5.92 Å². The van der Waals surface area contributed by atoms with Crippen LogP contribution in [0.4, 0.5) is 6.01 Å². The van der Waals surface area contributed by atoms with E-state index in [4.69, 9.17) is 10.2 Å². The molecule has 4 nitrogen and oxygen atoms in total. The lowest BCUT2D eigenvalue weighted by atomic mass is 10.3. The van der Waals surface area contributed by atoms with Crippen LogP contribution < -0.4 is 5.73 Å². The Morgan fingerprint density at radius 2 is 2.30 bits per heavy atom. The average Bonchev–Trinajstić information content (AvgIpc) is 2.59. The van der Waals surface area contributed by atoms with Crippen LogP contribution in [0.25, 0.3) is 0 Å². The first-order valence-corrected chi connectivity index (χ1v) is 3.42. The lowest BCUT2D eigenvalue weighted by Crippen LogP contribution is -1.85. The number of hydrogen-bond acceptors (Lipinski definition) is 4. The molecular weight excluding hydrogens is 130 g/mol. The van der Waals surface area contributed by atoms with Gasteiger partial charge in [-0.05, 0) is 18.8 Å². The van der Waals surface area contributed by atoms with Crippen LogP contribution >= 0.6 is 0 Å². The molecule has 0 unspecified atom stereocenters. The standard InChI is InChI=1S/C6H9N3O/c7-6-9-8-5(10-6)3-4-1-2-4/h4H,1-3H2,(H2,7,9). The maximum Gasteiger partial charge on any atom is 0.312 e. The molecule has 0 aliphatic heterocycles. The summed E-state index contributed by atoms with van der Waals surface area (Å²) in [4.78, 5) is 0. The summed E-state index contributed by atoms with van der Waals surface area (Å²) in [6.45, 7) is 0. The number of nitrogens with two attached hydrogens (primary N) is 1. The van der Waals surface area contributed by atoms with Gasteiger partial charge in [0, 0.05) is 6.42 Å². The number of anilines is 1. The molecule has 0 atom stereocenters. The Morgan fingerprint density at radius 1 is 1.50 bits per heavy atom. The van der Waals surface area contributed by atoms with Crippen LogP contribution in [0.5, 0.6) is 0 Å². The molecule has 1 aliphatic carbocycles. The first-order valence-electron chi connectivity index (χ1n) is 3.42. The van der Waals surface area contributed by atoms with Crippen LogP contribution in [-0.4, -0.2) is 10.2 Å². The molecule has 1 fully saturated rings. The zero-order chi connectivity index (χ0) is 6.97. The fourth-order valence-corrected chi connectivity index (χ4v) is 0.918. The smallest absolute Gasteiger partial charge is 0.312 e. The molecular formula is C6H9N3O. The van der Waals surface area contributed by atoms with E-state index >= 15 is 0 Å². The minimum absolute atomic E-state index is 0.177. The highest BCUT2D eigenvalue weighted by atomic mass is 16.4. The monoisotopic (exact) mass is 139 g/mol. The Kier molecular flexibility index (Phi) is 1.12. The van der Waals surface area contributed by atoms with Crippen molar-refractivity contribution in [3.63, 3.8) is 0 Å². The van der Waals surface area contributed by atoms with Crippen molar-refractivity contribution < 1.29 is 4.42 Å². The van der Waals surface area contributed by atoms with Crippen LogP contribution in [0.2, 0.25) is 0 Å². The van der Waals surface area contributed by atoms with Gasteiger partial charge in [0.1, 0.15) is 0 Å².